The van der Waals surface area contributed by atoms with Crippen molar-refractivity contribution in [2.24, 2.45) is 0 Å². The van der Waals surface area contributed by atoms with Crippen molar-refractivity contribution in [3.05, 3.63) is 30.3 Å². The molecule has 0 saturated heterocycles. The summed E-state index contributed by atoms with van der Waals surface area (Å²) < 4.78 is 5.33. The number of fused-ring (bicyclic) bond motifs is 3. The summed E-state index contributed by atoms with van der Waals surface area (Å²) in [5.41, 5.74) is 1.60. The van der Waals surface area contributed by atoms with Crippen molar-refractivity contribution < 1.29 is 9.84 Å². The zero-order valence-corrected chi connectivity index (χ0v) is 9.40. The topological polar surface area (TPSA) is 58.1 Å². The molecule has 2 N–H and O–H groups in total. The molecule has 0 aliphatic heterocycles. The van der Waals surface area contributed by atoms with Crippen LogP contribution in [0.2, 0.25) is 0 Å². The van der Waals surface area contributed by atoms with Crippen molar-refractivity contribution in [2.45, 2.75) is 6.92 Å². The van der Waals surface area contributed by atoms with E-state index >= 15 is 0 Å². The second-order valence-electron chi connectivity index (χ2n) is 3.81. The molecular weight excluding hydrogens is 216 g/mol. The van der Waals surface area contributed by atoms with Gasteiger partial charge < -0.3 is 14.8 Å². The van der Waals surface area contributed by atoms with Gasteiger partial charge in [-0.15, -0.1) is 0 Å². The molecule has 0 bridgehead atoms. The highest BCUT2D eigenvalue weighted by Crippen LogP contribution is 2.32. The molecule has 3 rings (SSSR count). The number of nitrogens with zero attached hydrogens (tertiary/aromatic N) is 1. The standard InChI is InChI=1S/C13H12N2O2/c1-2-17-13-14-10-7-11(16)8-5-3-4-6-9(8)12(10)15-13/h3-7,16H,2H2,1H3,(H,14,15). The van der Waals surface area contributed by atoms with Crippen molar-refractivity contribution in [2.75, 3.05) is 6.61 Å². The number of ether oxygens (including phenoxy) is 1. The number of rotatable bonds is 2. The van der Waals surface area contributed by atoms with Crippen LogP contribution in [-0.4, -0.2) is 21.7 Å². The number of benzene rings is 2. The van der Waals surface area contributed by atoms with E-state index in [1.165, 1.54) is 0 Å². The Morgan fingerprint density at radius 2 is 2.06 bits per heavy atom. The van der Waals surface area contributed by atoms with Gasteiger partial charge in [0.2, 0.25) is 0 Å². The molecule has 0 atom stereocenters. The lowest BCUT2D eigenvalue weighted by molar-refractivity contribution is 0.317. The van der Waals surface area contributed by atoms with Gasteiger partial charge in [0.1, 0.15) is 11.3 Å². The molecule has 0 fully saturated rings. The van der Waals surface area contributed by atoms with Gasteiger partial charge in [-0.2, -0.15) is 4.98 Å². The molecule has 4 nitrogen and oxygen atoms in total. The monoisotopic (exact) mass is 228 g/mol. The molecule has 0 unspecified atom stereocenters. The second-order valence-corrected chi connectivity index (χ2v) is 3.81. The summed E-state index contributed by atoms with van der Waals surface area (Å²) in [5, 5.41) is 11.6. The van der Waals surface area contributed by atoms with Gasteiger partial charge in [0, 0.05) is 16.8 Å². The lowest BCUT2D eigenvalue weighted by atomic mass is 10.1. The van der Waals surface area contributed by atoms with Crippen LogP contribution in [0.25, 0.3) is 21.8 Å². The summed E-state index contributed by atoms with van der Waals surface area (Å²) in [4.78, 5) is 7.42. The first-order chi connectivity index (χ1) is 8.29. The SMILES string of the molecule is CCOc1nc2c(cc(O)c3ccccc32)[nH]1. The van der Waals surface area contributed by atoms with E-state index < -0.39 is 0 Å². The van der Waals surface area contributed by atoms with Crippen molar-refractivity contribution >= 4 is 21.8 Å². The van der Waals surface area contributed by atoms with E-state index in [9.17, 15) is 5.11 Å². The van der Waals surface area contributed by atoms with Crippen LogP contribution in [0.4, 0.5) is 0 Å². The van der Waals surface area contributed by atoms with Crippen LogP contribution in [0.3, 0.4) is 0 Å². The number of hydrogen-bond acceptors (Lipinski definition) is 3. The Bertz CT molecular complexity index is 688. The van der Waals surface area contributed by atoms with Crippen LogP contribution in [0.15, 0.2) is 30.3 Å². The quantitative estimate of drug-likeness (QED) is 0.709. The van der Waals surface area contributed by atoms with Crippen LogP contribution in [0.1, 0.15) is 6.92 Å². The zero-order chi connectivity index (χ0) is 11.8. The van der Waals surface area contributed by atoms with E-state index in [4.69, 9.17) is 4.74 Å². The number of imidazole rings is 1. The minimum atomic E-state index is 0.250. The Morgan fingerprint density at radius 3 is 2.82 bits per heavy atom. The highest BCUT2D eigenvalue weighted by Gasteiger charge is 2.10. The van der Waals surface area contributed by atoms with Crippen molar-refractivity contribution in [3.63, 3.8) is 0 Å². The van der Waals surface area contributed by atoms with Gasteiger partial charge in [0.05, 0.1) is 12.1 Å². The van der Waals surface area contributed by atoms with E-state index in [0.717, 1.165) is 21.8 Å². The molecule has 0 saturated carbocycles. The Kier molecular flexibility index (Phi) is 2.14. The zero-order valence-electron chi connectivity index (χ0n) is 9.40. The number of aromatic amines is 1. The van der Waals surface area contributed by atoms with Crippen LogP contribution in [0.5, 0.6) is 11.8 Å². The molecule has 1 heterocycles. The molecule has 3 aromatic rings. The van der Waals surface area contributed by atoms with E-state index in [0.29, 0.717) is 12.6 Å². The van der Waals surface area contributed by atoms with Crippen LogP contribution >= 0.6 is 0 Å². The van der Waals surface area contributed by atoms with Crippen LogP contribution < -0.4 is 4.74 Å². The largest absolute Gasteiger partial charge is 0.507 e. The molecule has 86 valence electrons. The third kappa shape index (κ3) is 1.49. The Hall–Kier alpha value is -2.23. The van der Waals surface area contributed by atoms with Crippen molar-refractivity contribution in [1.82, 2.24) is 9.97 Å². The van der Waals surface area contributed by atoms with Crippen LogP contribution in [0, 0.1) is 0 Å². The summed E-state index contributed by atoms with van der Waals surface area (Å²) in [5.74, 6) is 0.250. The molecule has 0 aliphatic carbocycles. The van der Waals surface area contributed by atoms with Gasteiger partial charge in [-0.1, -0.05) is 24.3 Å². The smallest absolute Gasteiger partial charge is 0.294 e. The number of phenols is 1. The molecule has 0 aliphatic rings. The fourth-order valence-electron chi connectivity index (χ4n) is 2.01. The number of aromatic hydroxyl groups is 1. The normalized spacial score (nSPS) is 11.1. The lowest BCUT2D eigenvalue weighted by Gasteiger charge is -2.00. The minimum absolute atomic E-state index is 0.250. The summed E-state index contributed by atoms with van der Waals surface area (Å²) in [6.45, 7) is 2.46. The molecule has 0 amide bonds. The van der Waals surface area contributed by atoms with E-state index in [1.807, 2.05) is 31.2 Å². The predicted octanol–water partition coefficient (Wildman–Crippen LogP) is 2.82. The highest BCUT2D eigenvalue weighted by molar-refractivity contribution is 6.07. The molecular formula is C13H12N2O2. The van der Waals surface area contributed by atoms with Crippen molar-refractivity contribution in [1.29, 1.82) is 0 Å². The fraction of sp³-hybridized carbons (Fsp3) is 0.154. The first-order valence-electron chi connectivity index (χ1n) is 5.53. The Morgan fingerprint density at radius 1 is 1.29 bits per heavy atom. The van der Waals surface area contributed by atoms with E-state index in [1.54, 1.807) is 6.07 Å². The first kappa shape index (κ1) is 9.96. The van der Waals surface area contributed by atoms with Gasteiger partial charge in [0.25, 0.3) is 6.01 Å². The fourth-order valence-corrected chi connectivity index (χ4v) is 2.01. The summed E-state index contributed by atoms with van der Waals surface area (Å²) in [6.07, 6.45) is 0. The van der Waals surface area contributed by atoms with Gasteiger partial charge in [-0.25, -0.2) is 0 Å². The first-order valence-corrected chi connectivity index (χ1v) is 5.53. The van der Waals surface area contributed by atoms with Gasteiger partial charge >= 0.3 is 0 Å². The molecule has 1 aromatic heterocycles. The Balaban J connectivity index is 2.38. The maximum atomic E-state index is 9.92. The number of aromatic nitrogens is 2. The predicted molar refractivity (Wildman–Crippen MR) is 66.4 cm³/mol. The number of phenolic OH excluding ortho intramolecular Hbond substituents is 1. The van der Waals surface area contributed by atoms with Gasteiger partial charge in [0.15, 0.2) is 0 Å². The average molecular weight is 228 g/mol. The molecule has 0 radical (unpaired) electrons. The number of hydrogen-bond donors (Lipinski definition) is 2. The maximum absolute atomic E-state index is 9.92. The van der Waals surface area contributed by atoms with Crippen LogP contribution in [-0.2, 0) is 0 Å². The second kappa shape index (κ2) is 3.66. The van der Waals surface area contributed by atoms with Gasteiger partial charge in [-0.05, 0) is 6.92 Å². The summed E-state index contributed by atoms with van der Waals surface area (Å²) in [6, 6.07) is 9.79. The third-order valence-electron chi connectivity index (χ3n) is 2.73. The Labute approximate surface area is 97.9 Å². The van der Waals surface area contributed by atoms with E-state index in [-0.39, 0.29) is 5.75 Å². The number of nitrogens with one attached hydrogen (secondary N) is 1. The average Bonchev–Trinajstić information content (AvgIpc) is 2.73. The summed E-state index contributed by atoms with van der Waals surface area (Å²) >= 11 is 0. The van der Waals surface area contributed by atoms with Gasteiger partial charge in [-0.3, -0.25) is 0 Å². The maximum Gasteiger partial charge on any atom is 0.294 e. The highest BCUT2D eigenvalue weighted by atomic mass is 16.5. The molecule has 2 aromatic carbocycles. The van der Waals surface area contributed by atoms with Crippen molar-refractivity contribution in [3.8, 4) is 11.8 Å². The third-order valence-corrected chi connectivity index (χ3v) is 2.73. The number of H-pyrrole nitrogens is 1. The summed E-state index contributed by atoms with van der Waals surface area (Å²) in [7, 11) is 0. The molecule has 4 heteroatoms. The van der Waals surface area contributed by atoms with E-state index in [2.05, 4.69) is 9.97 Å². The molecule has 0 spiro atoms. The minimum Gasteiger partial charge on any atom is -0.507 e. The lowest BCUT2D eigenvalue weighted by Crippen LogP contribution is -1.92. The molecule has 17 heavy (non-hydrogen) atoms.